The van der Waals surface area contributed by atoms with Gasteiger partial charge in [0.15, 0.2) is 16.9 Å². The van der Waals surface area contributed by atoms with Crippen molar-refractivity contribution in [3.05, 3.63) is 45.7 Å². The van der Waals surface area contributed by atoms with E-state index in [9.17, 15) is 14.4 Å². The molecule has 1 N–H and O–H groups in total. The van der Waals surface area contributed by atoms with E-state index >= 15 is 0 Å². The lowest BCUT2D eigenvalue weighted by atomic mass is 9.77. The van der Waals surface area contributed by atoms with Crippen molar-refractivity contribution in [2.75, 3.05) is 40.6 Å². The lowest BCUT2D eigenvalue weighted by molar-refractivity contribution is 0.0510. The minimum atomic E-state index is -0.627. The molecule has 1 aromatic carbocycles. The zero-order chi connectivity index (χ0) is 31.8. The first-order valence-electron chi connectivity index (χ1n) is 15.0. The van der Waals surface area contributed by atoms with Crippen molar-refractivity contribution in [1.82, 2.24) is 9.88 Å². The van der Waals surface area contributed by atoms with Crippen LogP contribution in [0.1, 0.15) is 89.2 Å². The first kappa shape index (κ1) is 34.0. The topological polar surface area (TPSA) is 114 Å². The van der Waals surface area contributed by atoms with Gasteiger partial charge in [-0.05, 0) is 64.7 Å². The Morgan fingerprint density at radius 1 is 1.00 bits per heavy atom. The molecule has 1 amide bonds. The predicted octanol–water partition coefficient (Wildman–Crippen LogP) is 5.93. The Hall–Kier alpha value is -3.53. The van der Waals surface area contributed by atoms with Crippen LogP contribution in [0.15, 0.2) is 29.2 Å². The standard InChI is InChI=1S/C33H48N2O8/c1-9-41-30(37)24-20-35-25(19-26(24)36)23-18-27(40-8)28(16-22(23)17-29(35)33(5,6)21-39-7)42-15-13-11-10-12-14-34-31(38)43-32(2,3)4/h16,18-20,29H,9-15,17,21H2,1-8H3,(H,34,38). The maximum Gasteiger partial charge on any atom is 0.407 e. The van der Waals surface area contributed by atoms with E-state index in [0.717, 1.165) is 36.8 Å². The summed E-state index contributed by atoms with van der Waals surface area (Å²) in [5, 5.41) is 2.79. The molecule has 3 rings (SSSR count). The van der Waals surface area contributed by atoms with Gasteiger partial charge in [0.05, 0.1) is 32.6 Å². The number of benzene rings is 1. The summed E-state index contributed by atoms with van der Waals surface area (Å²) in [5.41, 5.74) is 1.40. The van der Waals surface area contributed by atoms with Gasteiger partial charge in [-0.15, -0.1) is 0 Å². The number of hydrogen-bond acceptors (Lipinski definition) is 8. The molecule has 0 radical (unpaired) electrons. The number of hydrogen-bond donors (Lipinski definition) is 1. The van der Waals surface area contributed by atoms with Crippen LogP contribution >= 0.6 is 0 Å². The summed E-state index contributed by atoms with van der Waals surface area (Å²) in [5.74, 6) is 0.594. The summed E-state index contributed by atoms with van der Waals surface area (Å²) in [4.78, 5) is 37.4. The van der Waals surface area contributed by atoms with Crippen LogP contribution in [0.25, 0.3) is 11.3 Å². The Bertz CT molecular complexity index is 1330. The van der Waals surface area contributed by atoms with E-state index in [1.165, 1.54) is 6.07 Å². The quantitative estimate of drug-likeness (QED) is 0.210. The largest absolute Gasteiger partial charge is 0.493 e. The van der Waals surface area contributed by atoms with Gasteiger partial charge < -0.3 is 33.6 Å². The number of rotatable bonds is 14. The molecule has 43 heavy (non-hydrogen) atoms. The van der Waals surface area contributed by atoms with Crippen molar-refractivity contribution in [3.63, 3.8) is 0 Å². The number of aromatic nitrogens is 1. The Balaban J connectivity index is 1.75. The summed E-state index contributed by atoms with van der Waals surface area (Å²) >= 11 is 0. The molecule has 0 saturated heterocycles. The first-order valence-corrected chi connectivity index (χ1v) is 15.0. The molecule has 2 heterocycles. The summed E-state index contributed by atoms with van der Waals surface area (Å²) in [6.45, 7) is 13.2. The van der Waals surface area contributed by atoms with Gasteiger partial charge in [0.2, 0.25) is 0 Å². The van der Waals surface area contributed by atoms with E-state index in [-0.39, 0.29) is 29.1 Å². The van der Waals surface area contributed by atoms with E-state index in [2.05, 4.69) is 19.2 Å². The number of amides is 1. The lowest BCUT2D eigenvalue weighted by Gasteiger charge is -2.40. The smallest absolute Gasteiger partial charge is 0.407 e. The van der Waals surface area contributed by atoms with Gasteiger partial charge in [-0.3, -0.25) is 4.79 Å². The number of esters is 1. The highest BCUT2D eigenvalue weighted by atomic mass is 16.6. The van der Waals surface area contributed by atoms with Gasteiger partial charge >= 0.3 is 12.1 Å². The normalized spacial score (nSPS) is 14.4. The second kappa shape index (κ2) is 14.8. The molecule has 1 atom stereocenters. The molecule has 0 bridgehead atoms. The van der Waals surface area contributed by atoms with Gasteiger partial charge in [-0.25, -0.2) is 9.59 Å². The number of methoxy groups -OCH3 is 2. The number of alkyl carbamates (subject to hydrolysis) is 1. The molecule has 2 aromatic rings. The van der Waals surface area contributed by atoms with Crippen molar-refractivity contribution < 1.29 is 33.3 Å². The van der Waals surface area contributed by atoms with Crippen LogP contribution in [0, 0.1) is 5.41 Å². The number of nitrogens with one attached hydrogen (secondary N) is 1. The van der Waals surface area contributed by atoms with E-state index in [1.54, 1.807) is 27.3 Å². The van der Waals surface area contributed by atoms with E-state index in [1.807, 2.05) is 37.5 Å². The van der Waals surface area contributed by atoms with Crippen molar-refractivity contribution in [2.24, 2.45) is 5.41 Å². The Kier molecular flexibility index (Phi) is 11.7. The van der Waals surface area contributed by atoms with Gasteiger partial charge in [0, 0.05) is 42.9 Å². The Labute approximate surface area is 255 Å². The zero-order valence-corrected chi connectivity index (χ0v) is 27.0. The molecule has 0 fully saturated rings. The number of nitrogens with zero attached hydrogens (tertiary/aromatic N) is 1. The van der Waals surface area contributed by atoms with Crippen LogP contribution in [0.5, 0.6) is 11.5 Å². The third kappa shape index (κ3) is 8.98. The molecule has 0 spiro atoms. The summed E-state index contributed by atoms with van der Waals surface area (Å²) in [7, 11) is 3.26. The lowest BCUT2D eigenvalue weighted by Crippen LogP contribution is -2.37. The number of pyridine rings is 1. The van der Waals surface area contributed by atoms with Crippen LogP contribution < -0.4 is 20.2 Å². The maximum absolute atomic E-state index is 13.1. The fourth-order valence-corrected chi connectivity index (χ4v) is 5.36. The molecule has 10 heteroatoms. The summed E-state index contributed by atoms with van der Waals surface area (Å²) < 4.78 is 29.8. The number of carbonyl (C=O) groups is 2. The van der Waals surface area contributed by atoms with Crippen LogP contribution in [-0.2, 0) is 20.6 Å². The number of unbranched alkanes of at least 4 members (excludes halogenated alkanes) is 3. The third-order valence-corrected chi connectivity index (χ3v) is 7.40. The molecule has 1 unspecified atom stereocenters. The minimum absolute atomic E-state index is 0.0137. The van der Waals surface area contributed by atoms with Crippen LogP contribution in [0.3, 0.4) is 0 Å². The molecular formula is C33H48N2O8. The SMILES string of the molecule is CCOC(=O)c1cn2c(cc1=O)-c1cc(OC)c(OCCCCCCNC(=O)OC(C)(C)C)cc1CC2C(C)(C)COC. The monoisotopic (exact) mass is 600 g/mol. The predicted molar refractivity (Wildman–Crippen MR) is 165 cm³/mol. The van der Waals surface area contributed by atoms with Crippen LogP contribution in [0.2, 0.25) is 0 Å². The highest BCUT2D eigenvalue weighted by Gasteiger charge is 2.37. The molecule has 238 valence electrons. The van der Waals surface area contributed by atoms with E-state index in [4.69, 9.17) is 23.7 Å². The number of fused-ring (bicyclic) bond motifs is 3. The van der Waals surface area contributed by atoms with Crippen molar-refractivity contribution in [2.45, 2.75) is 85.3 Å². The molecule has 0 aliphatic carbocycles. The highest BCUT2D eigenvalue weighted by Crippen LogP contribution is 2.46. The summed E-state index contributed by atoms with van der Waals surface area (Å²) in [6.07, 6.45) is 5.50. The minimum Gasteiger partial charge on any atom is -0.493 e. The van der Waals surface area contributed by atoms with Crippen molar-refractivity contribution in [1.29, 1.82) is 0 Å². The van der Waals surface area contributed by atoms with Gasteiger partial charge in [0.25, 0.3) is 0 Å². The van der Waals surface area contributed by atoms with E-state index < -0.39 is 17.7 Å². The van der Waals surface area contributed by atoms with Crippen LogP contribution in [-0.4, -0.2) is 62.8 Å². The van der Waals surface area contributed by atoms with Crippen molar-refractivity contribution in [3.8, 4) is 22.8 Å². The zero-order valence-electron chi connectivity index (χ0n) is 27.0. The van der Waals surface area contributed by atoms with Gasteiger partial charge in [0.1, 0.15) is 11.2 Å². The number of ether oxygens (including phenoxy) is 5. The third-order valence-electron chi connectivity index (χ3n) is 7.40. The van der Waals surface area contributed by atoms with Gasteiger partial charge in [-0.1, -0.05) is 26.7 Å². The molecule has 0 saturated carbocycles. The average molecular weight is 601 g/mol. The van der Waals surface area contributed by atoms with Gasteiger partial charge in [-0.2, -0.15) is 0 Å². The molecular weight excluding hydrogens is 552 g/mol. The van der Waals surface area contributed by atoms with Crippen LogP contribution in [0.4, 0.5) is 4.79 Å². The number of carbonyl (C=O) groups excluding carboxylic acids is 2. The fraction of sp³-hybridized carbons (Fsp3) is 0.606. The fourth-order valence-electron chi connectivity index (χ4n) is 5.36. The Morgan fingerprint density at radius 2 is 1.72 bits per heavy atom. The summed E-state index contributed by atoms with van der Waals surface area (Å²) in [6, 6.07) is 5.32. The van der Waals surface area contributed by atoms with E-state index in [0.29, 0.717) is 43.4 Å². The second-order valence-electron chi connectivity index (χ2n) is 12.6. The van der Waals surface area contributed by atoms with Crippen molar-refractivity contribution >= 4 is 12.1 Å². The highest BCUT2D eigenvalue weighted by molar-refractivity contribution is 5.89. The first-order chi connectivity index (χ1) is 20.3. The average Bonchev–Trinajstić information content (AvgIpc) is 2.92. The molecule has 10 nitrogen and oxygen atoms in total. The molecule has 1 aliphatic heterocycles. The second-order valence-corrected chi connectivity index (χ2v) is 12.6. The maximum atomic E-state index is 13.1. The molecule has 1 aromatic heterocycles. The Morgan fingerprint density at radius 3 is 2.37 bits per heavy atom. The molecule has 1 aliphatic rings.